The van der Waals surface area contributed by atoms with Crippen molar-refractivity contribution < 1.29 is 17.6 Å². The van der Waals surface area contributed by atoms with Gasteiger partial charge in [0.25, 0.3) is 10.0 Å². The molecule has 146 valence electrons. The van der Waals surface area contributed by atoms with Gasteiger partial charge in [-0.05, 0) is 36.6 Å². The van der Waals surface area contributed by atoms with Gasteiger partial charge in [0.1, 0.15) is 6.54 Å². The molecule has 1 N–H and O–H groups in total. The van der Waals surface area contributed by atoms with Crippen molar-refractivity contribution in [2.75, 3.05) is 17.9 Å². The number of oxazole rings is 1. The molecule has 1 aromatic heterocycles. The molecule has 0 aliphatic carbocycles. The highest BCUT2D eigenvalue weighted by atomic mass is 32.2. The van der Waals surface area contributed by atoms with Gasteiger partial charge in [-0.15, -0.1) is 0 Å². The number of nitrogens with zero attached hydrogens (tertiary/aromatic N) is 2. The molecule has 1 aliphatic rings. The zero-order valence-electron chi connectivity index (χ0n) is 15.2. The molecular formula is C19H19N3O5S. The molecule has 0 saturated heterocycles. The molecule has 1 aliphatic heterocycles. The van der Waals surface area contributed by atoms with Crippen LogP contribution in [0.2, 0.25) is 0 Å². The predicted octanol–water partition coefficient (Wildman–Crippen LogP) is 1.48. The largest absolute Gasteiger partial charge is 0.420 e. The number of anilines is 1. The maximum atomic E-state index is 13.2. The number of fused-ring (bicyclic) bond motifs is 2. The number of rotatable bonds is 4. The summed E-state index contributed by atoms with van der Waals surface area (Å²) in [6.45, 7) is 0.187. The van der Waals surface area contributed by atoms with Gasteiger partial charge in [-0.1, -0.05) is 18.2 Å². The van der Waals surface area contributed by atoms with Crippen LogP contribution in [0, 0.1) is 0 Å². The molecule has 0 atom stereocenters. The van der Waals surface area contributed by atoms with Crippen molar-refractivity contribution in [2.45, 2.75) is 24.3 Å². The van der Waals surface area contributed by atoms with Crippen molar-refractivity contribution >= 4 is 32.7 Å². The summed E-state index contributed by atoms with van der Waals surface area (Å²) < 4.78 is 34.2. The second-order valence-electron chi connectivity index (χ2n) is 6.57. The number of carbonyl (C=O) groups is 1. The highest BCUT2D eigenvalue weighted by Gasteiger charge is 2.29. The number of aryl methyl sites for hydroxylation is 1. The Morgan fingerprint density at radius 3 is 2.79 bits per heavy atom. The standard InChI is InChI=1S/C19H19N3O5S/c1-20-18(23)12-21-16-9-8-14(11-17(16)27-19(21)24)28(25,26)22-10-4-6-13-5-2-3-7-15(13)22/h2-3,5,7-9,11H,4,6,10,12H2,1H3,(H,20,23). The van der Waals surface area contributed by atoms with Gasteiger partial charge in [-0.25, -0.2) is 13.2 Å². The first kappa shape index (κ1) is 18.3. The normalized spacial score (nSPS) is 14.1. The lowest BCUT2D eigenvalue weighted by Gasteiger charge is -2.30. The van der Waals surface area contributed by atoms with Gasteiger partial charge in [0.05, 0.1) is 16.1 Å². The monoisotopic (exact) mass is 401 g/mol. The lowest BCUT2D eigenvalue weighted by atomic mass is 10.0. The number of hydrogen-bond donors (Lipinski definition) is 1. The molecule has 1 amide bonds. The van der Waals surface area contributed by atoms with E-state index in [9.17, 15) is 18.0 Å². The van der Waals surface area contributed by atoms with E-state index in [0.29, 0.717) is 17.7 Å². The lowest BCUT2D eigenvalue weighted by Crippen LogP contribution is -2.35. The average Bonchev–Trinajstić information content (AvgIpc) is 3.01. The van der Waals surface area contributed by atoms with E-state index < -0.39 is 15.8 Å². The van der Waals surface area contributed by atoms with Gasteiger partial charge in [-0.2, -0.15) is 0 Å². The van der Waals surface area contributed by atoms with Gasteiger partial charge >= 0.3 is 5.76 Å². The van der Waals surface area contributed by atoms with Crippen LogP contribution in [0.5, 0.6) is 0 Å². The summed E-state index contributed by atoms with van der Waals surface area (Å²) in [6.07, 6.45) is 1.56. The average molecular weight is 401 g/mol. The van der Waals surface area contributed by atoms with E-state index >= 15 is 0 Å². The van der Waals surface area contributed by atoms with Crippen LogP contribution in [0.1, 0.15) is 12.0 Å². The van der Waals surface area contributed by atoms with Crippen LogP contribution in [-0.4, -0.2) is 32.5 Å². The fourth-order valence-electron chi connectivity index (χ4n) is 3.46. The molecule has 0 spiro atoms. The van der Waals surface area contributed by atoms with Gasteiger partial charge in [0.2, 0.25) is 5.91 Å². The van der Waals surface area contributed by atoms with Crippen molar-refractivity contribution in [3.05, 3.63) is 58.6 Å². The molecule has 0 bridgehead atoms. The van der Waals surface area contributed by atoms with E-state index in [1.807, 2.05) is 18.2 Å². The minimum Gasteiger partial charge on any atom is -0.408 e. The first-order valence-electron chi connectivity index (χ1n) is 8.86. The fourth-order valence-corrected chi connectivity index (χ4v) is 5.01. The van der Waals surface area contributed by atoms with Gasteiger partial charge in [-0.3, -0.25) is 13.7 Å². The quantitative estimate of drug-likeness (QED) is 0.714. The zero-order chi connectivity index (χ0) is 19.9. The van der Waals surface area contributed by atoms with Gasteiger partial charge < -0.3 is 9.73 Å². The zero-order valence-corrected chi connectivity index (χ0v) is 16.0. The summed E-state index contributed by atoms with van der Waals surface area (Å²) in [4.78, 5) is 23.7. The summed E-state index contributed by atoms with van der Waals surface area (Å²) in [5, 5.41) is 2.44. The molecule has 2 heterocycles. The Labute approximate surface area is 161 Å². The third kappa shape index (κ3) is 2.97. The van der Waals surface area contributed by atoms with E-state index in [4.69, 9.17) is 4.42 Å². The van der Waals surface area contributed by atoms with Gasteiger partial charge in [0, 0.05) is 19.7 Å². The van der Waals surface area contributed by atoms with E-state index in [0.717, 1.165) is 18.4 Å². The van der Waals surface area contributed by atoms with Gasteiger partial charge in [0.15, 0.2) is 5.58 Å². The molecule has 2 aromatic carbocycles. The molecule has 8 nitrogen and oxygen atoms in total. The highest BCUT2D eigenvalue weighted by molar-refractivity contribution is 7.92. The maximum Gasteiger partial charge on any atom is 0.420 e. The minimum absolute atomic E-state index is 0.0394. The molecule has 3 aromatic rings. The molecular weight excluding hydrogens is 382 g/mol. The molecule has 4 rings (SSSR count). The Kier molecular flexibility index (Phi) is 4.46. The maximum absolute atomic E-state index is 13.2. The Balaban J connectivity index is 1.77. The third-order valence-corrected chi connectivity index (χ3v) is 6.69. The Hall–Kier alpha value is -3.07. The molecule has 0 fully saturated rings. The number of aromatic nitrogens is 1. The van der Waals surface area contributed by atoms with E-state index in [2.05, 4.69) is 5.32 Å². The first-order valence-corrected chi connectivity index (χ1v) is 10.3. The van der Waals surface area contributed by atoms with Crippen LogP contribution < -0.4 is 15.4 Å². The Morgan fingerprint density at radius 2 is 2.00 bits per heavy atom. The van der Waals surface area contributed by atoms with E-state index in [1.165, 1.54) is 34.1 Å². The second-order valence-corrected chi connectivity index (χ2v) is 8.43. The number of sulfonamides is 1. The lowest BCUT2D eigenvalue weighted by molar-refractivity contribution is -0.121. The second kappa shape index (κ2) is 6.83. The Morgan fingerprint density at radius 1 is 1.21 bits per heavy atom. The number of para-hydroxylation sites is 1. The van der Waals surface area contributed by atoms with Crippen LogP contribution in [0.4, 0.5) is 5.69 Å². The molecule has 9 heteroatoms. The van der Waals surface area contributed by atoms with Crippen LogP contribution in [-0.2, 0) is 27.8 Å². The summed E-state index contributed by atoms with van der Waals surface area (Å²) in [7, 11) is -2.35. The van der Waals surface area contributed by atoms with E-state index in [1.54, 1.807) is 6.07 Å². The SMILES string of the molecule is CNC(=O)Cn1c(=O)oc2cc(S(=O)(=O)N3CCCc4ccccc43)ccc21. The minimum atomic E-state index is -3.82. The summed E-state index contributed by atoms with van der Waals surface area (Å²) >= 11 is 0. The summed E-state index contributed by atoms with van der Waals surface area (Å²) in [5.41, 5.74) is 2.15. The first-order chi connectivity index (χ1) is 13.4. The highest BCUT2D eigenvalue weighted by Crippen LogP contribution is 2.32. The van der Waals surface area contributed by atoms with Crippen LogP contribution >= 0.6 is 0 Å². The third-order valence-electron chi connectivity index (χ3n) is 4.88. The number of nitrogens with one attached hydrogen (secondary N) is 1. The number of carbonyl (C=O) groups excluding carboxylic acids is 1. The van der Waals surface area contributed by atoms with Crippen LogP contribution in [0.3, 0.4) is 0 Å². The number of hydrogen-bond acceptors (Lipinski definition) is 5. The fraction of sp³-hybridized carbons (Fsp3) is 0.263. The molecule has 28 heavy (non-hydrogen) atoms. The Bertz CT molecular complexity index is 1230. The molecule has 0 unspecified atom stereocenters. The van der Waals surface area contributed by atoms with Crippen molar-refractivity contribution in [1.29, 1.82) is 0 Å². The number of benzene rings is 2. The smallest absolute Gasteiger partial charge is 0.408 e. The van der Waals surface area contributed by atoms with Crippen molar-refractivity contribution in [3.8, 4) is 0 Å². The number of likely N-dealkylation sites (N-methyl/N-ethyl adjacent to an activating group) is 1. The number of amides is 1. The predicted molar refractivity (Wildman–Crippen MR) is 104 cm³/mol. The van der Waals surface area contributed by atoms with Crippen molar-refractivity contribution in [1.82, 2.24) is 9.88 Å². The summed E-state index contributed by atoms with van der Waals surface area (Å²) in [6, 6.07) is 11.7. The van der Waals surface area contributed by atoms with E-state index in [-0.39, 0.29) is 22.9 Å². The van der Waals surface area contributed by atoms with Crippen molar-refractivity contribution in [2.24, 2.45) is 0 Å². The molecule has 0 saturated carbocycles. The van der Waals surface area contributed by atoms with Crippen LogP contribution in [0.15, 0.2) is 56.6 Å². The van der Waals surface area contributed by atoms with Crippen LogP contribution in [0.25, 0.3) is 11.1 Å². The molecule has 0 radical (unpaired) electrons. The summed E-state index contributed by atoms with van der Waals surface area (Å²) in [5.74, 6) is -1.07. The topological polar surface area (TPSA) is 102 Å². The van der Waals surface area contributed by atoms with Crippen molar-refractivity contribution in [3.63, 3.8) is 0 Å².